The summed E-state index contributed by atoms with van der Waals surface area (Å²) in [6.45, 7) is 13.4. The molecule has 3 heteroatoms. The van der Waals surface area contributed by atoms with Crippen molar-refractivity contribution in [3.8, 4) is 0 Å². The van der Waals surface area contributed by atoms with E-state index in [4.69, 9.17) is 4.98 Å². The lowest BCUT2D eigenvalue weighted by Crippen LogP contribution is -2.64. The Kier molecular flexibility index (Phi) is 6.56. The molecule has 0 spiro atoms. The van der Waals surface area contributed by atoms with Gasteiger partial charge in [-0.1, -0.05) is 53.2 Å². The average molecular weight is 358 g/mol. The average Bonchev–Trinajstić information content (AvgIpc) is 2.57. The van der Waals surface area contributed by atoms with Gasteiger partial charge in [0.05, 0.1) is 0 Å². The Labute approximate surface area is 153 Å². The second-order valence-corrected chi connectivity index (χ2v) is 12.9. The van der Waals surface area contributed by atoms with E-state index < -0.39 is 8.07 Å². The molecule has 0 aliphatic carbocycles. The highest BCUT2D eigenvalue weighted by atomic mass is 28.3. The molecule has 0 atom stereocenters. The summed E-state index contributed by atoms with van der Waals surface area (Å²) in [7, 11) is -2.13. The van der Waals surface area contributed by atoms with E-state index in [2.05, 4.69) is 52.8 Å². The summed E-state index contributed by atoms with van der Waals surface area (Å²) in [5.74, 6) is -0.0775. The Balaban J connectivity index is 2.80. The first-order chi connectivity index (χ1) is 11.9. The molecular formula is C22H32FNSi. The standard InChI is InChI=1S/C22H32FNSi/c1-7-8-11-19-15-20(23)18(6)14-21(19)25(16(2)3,17(4)5)22-12-9-10-13-24-22/h9-10,12-17H,7-8,11H2,1-6H3. The van der Waals surface area contributed by atoms with Crippen LogP contribution in [0.5, 0.6) is 0 Å². The van der Waals surface area contributed by atoms with Crippen molar-refractivity contribution in [1.29, 1.82) is 0 Å². The van der Waals surface area contributed by atoms with Gasteiger partial charge in [0.1, 0.15) is 13.9 Å². The number of benzene rings is 1. The van der Waals surface area contributed by atoms with Gasteiger partial charge in [-0.05, 0) is 65.4 Å². The van der Waals surface area contributed by atoms with E-state index in [1.165, 1.54) is 16.1 Å². The molecule has 0 amide bonds. The number of pyridine rings is 1. The molecule has 0 bridgehead atoms. The van der Waals surface area contributed by atoms with E-state index in [1.54, 1.807) is 6.07 Å². The molecule has 2 aromatic rings. The highest BCUT2D eigenvalue weighted by Crippen LogP contribution is 2.33. The largest absolute Gasteiger partial charge is 0.266 e. The monoisotopic (exact) mass is 357 g/mol. The number of hydrogen-bond acceptors (Lipinski definition) is 1. The minimum atomic E-state index is -2.13. The Bertz CT molecular complexity index is 687. The third kappa shape index (κ3) is 3.71. The van der Waals surface area contributed by atoms with Crippen LogP contribution in [0.4, 0.5) is 4.39 Å². The van der Waals surface area contributed by atoms with Crippen LogP contribution in [0.3, 0.4) is 0 Å². The van der Waals surface area contributed by atoms with E-state index in [1.807, 2.05) is 19.2 Å². The van der Waals surface area contributed by atoms with Crippen LogP contribution in [0.15, 0.2) is 36.5 Å². The third-order valence-electron chi connectivity index (χ3n) is 5.54. The Hall–Kier alpha value is -1.48. The molecule has 0 unspecified atom stereocenters. The molecule has 0 aliphatic heterocycles. The topological polar surface area (TPSA) is 12.9 Å². The Morgan fingerprint density at radius 2 is 1.76 bits per heavy atom. The predicted octanol–water partition coefficient (Wildman–Crippen LogP) is 5.25. The van der Waals surface area contributed by atoms with E-state index >= 15 is 0 Å². The lowest BCUT2D eigenvalue weighted by atomic mass is 10.1. The van der Waals surface area contributed by atoms with Crippen molar-refractivity contribution >= 4 is 18.6 Å². The summed E-state index contributed by atoms with van der Waals surface area (Å²) in [6.07, 6.45) is 5.07. The van der Waals surface area contributed by atoms with Crippen molar-refractivity contribution in [2.45, 2.75) is 71.9 Å². The Morgan fingerprint density at radius 1 is 1.08 bits per heavy atom. The summed E-state index contributed by atoms with van der Waals surface area (Å²) >= 11 is 0. The fourth-order valence-electron chi connectivity index (χ4n) is 4.31. The number of unbranched alkanes of at least 4 members (excludes halogenated alkanes) is 1. The molecule has 1 nitrogen and oxygen atoms in total. The van der Waals surface area contributed by atoms with Crippen LogP contribution < -0.4 is 10.5 Å². The lowest BCUT2D eigenvalue weighted by molar-refractivity contribution is 0.615. The molecule has 2 rings (SSSR count). The first-order valence-electron chi connectivity index (χ1n) is 9.56. The minimum absolute atomic E-state index is 0.0775. The number of aromatic nitrogens is 1. The van der Waals surface area contributed by atoms with E-state index in [9.17, 15) is 4.39 Å². The normalized spacial score (nSPS) is 12.2. The minimum Gasteiger partial charge on any atom is -0.266 e. The maximum absolute atomic E-state index is 14.4. The fourth-order valence-corrected chi connectivity index (χ4v) is 10.2. The summed E-state index contributed by atoms with van der Waals surface area (Å²) in [5, 5.41) is 2.62. The zero-order chi connectivity index (χ0) is 18.6. The summed E-state index contributed by atoms with van der Waals surface area (Å²) < 4.78 is 14.4. The van der Waals surface area contributed by atoms with Crippen molar-refractivity contribution in [1.82, 2.24) is 4.98 Å². The van der Waals surface area contributed by atoms with E-state index in [0.29, 0.717) is 11.1 Å². The molecule has 0 fully saturated rings. The molecule has 1 aromatic heterocycles. The van der Waals surface area contributed by atoms with E-state index in [0.717, 1.165) is 24.8 Å². The summed E-state index contributed by atoms with van der Waals surface area (Å²) in [4.78, 5) is 4.81. The van der Waals surface area contributed by atoms with Gasteiger partial charge >= 0.3 is 0 Å². The van der Waals surface area contributed by atoms with Gasteiger partial charge in [-0.25, -0.2) is 4.39 Å². The van der Waals surface area contributed by atoms with Crippen LogP contribution in [0.25, 0.3) is 0 Å². The van der Waals surface area contributed by atoms with Crippen molar-refractivity contribution in [2.24, 2.45) is 0 Å². The van der Waals surface area contributed by atoms with Crippen molar-refractivity contribution < 1.29 is 4.39 Å². The molecule has 0 saturated heterocycles. The molecule has 1 aromatic carbocycles. The smallest absolute Gasteiger partial charge is 0.146 e. The van der Waals surface area contributed by atoms with Crippen LogP contribution in [0.2, 0.25) is 11.1 Å². The number of aryl methyl sites for hydroxylation is 2. The van der Waals surface area contributed by atoms with E-state index in [-0.39, 0.29) is 5.82 Å². The number of halogens is 1. The van der Waals surface area contributed by atoms with Crippen molar-refractivity contribution in [3.05, 3.63) is 53.5 Å². The van der Waals surface area contributed by atoms with Gasteiger partial charge in [0.2, 0.25) is 0 Å². The van der Waals surface area contributed by atoms with Gasteiger partial charge in [-0.2, -0.15) is 0 Å². The first-order valence-corrected chi connectivity index (χ1v) is 11.7. The maximum Gasteiger partial charge on any atom is 0.146 e. The van der Waals surface area contributed by atoms with Gasteiger partial charge in [0, 0.05) is 11.5 Å². The SMILES string of the molecule is CCCCc1cc(F)c(C)cc1[Si](c1ccccn1)(C(C)C)C(C)C. The molecule has 136 valence electrons. The molecule has 1 heterocycles. The van der Waals surface area contributed by atoms with Gasteiger partial charge in [0.15, 0.2) is 0 Å². The van der Waals surface area contributed by atoms with Crippen LogP contribution in [-0.2, 0) is 6.42 Å². The lowest BCUT2D eigenvalue weighted by Gasteiger charge is -2.41. The Morgan fingerprint density at radius 3 is 2.28 bits per heavy atom. The van der Waals surface area contributed by atoms with Gasteiger partial charge in [0.25, 0.3) is 0 Å². The predicted molar refractivity (Wildman–Crippen MR) is 109 cm³/mol. The molecule has 0 saturated carbocycles. The van der Waals surface area contributed by atoms with Gasteiger partial charge in [-0.3, -0.25) is 4.98 Å². The summed E-state index contributed by atoms with van der Waals surface area (Å²) in [6, 6.07) is 10.2. The quantitative estimate of drug-likeness (QED) is 0.616. The van der Waals surface area contributed by atoms with Gasteiger partial charge in [-0.15, -0.1) is 0 Å². The number of nitrogens with zero attached hydrogens (tertiary/aromatic N) is 1. The molecule has 0 radical (unpaired) electrons. The molecule has 0 aliphatic rings. The number of rotatable bonds is 7. The maximum atomic E-state index is 14.4. The highest BCUT2D eigenvalue weighted by Gasteiger charge is 2.46. The highest BCUT2D eigenvalue weighted by molar-refractivity contribution is 7.03. The van der Waals surface area contributed by atoms with Crippen LogP contribution in [-0.4, -0.2) is 13.1 Å². The third-order valence-corrected chi connectivity index (χ3v) is 11.7. The molecule has 0 N–H and O–H groups in total. The second-order valence-electron chi connectivity index (χ2n) is 7.76. The van der Waals surface area contributed by atoms with Crippen LogP contribution in [0.1, 0.15) is 58.6 Å². The fraction of sp³-hybridized carbons (Fsp3) is 0.500. The molecular weight excluding hydrogens is 325 g/mol. The second kappa shape index (κ2) is 8.26. The van der Waals surface area contributed by atoms with Crippen LogP contribution in [0, 0.1) is 12.7 Å². The van der Waals surface area contributed by atoms with Crippen molar-refractivity contribution in [3.63, 3.8) is 0 Å². The number of hydrogen-bond donors (Lipinski definition) is 0. The zero-order valence-corrected chi connectivity index (χ0v) is 17.6. The summed E-state index contributed by atoms with van der Waals surface area (Å²) in [5.41, 5.74) is 2.94. The van der Waals surface area contributed by atoms with Crippen LogP contribution >= 0.6 is 0 Å². The first kappa shape index (κ1) is 19.8. The van der Waals surface area contributed by atoms with Crippen molar-refractivity contribution in [2.75, 3.05) is 0 Å². The zero-order valence-electron chi connectivity index (χ0n) is 16.6. The molecule has 25 heavy (non-hydrogen) atoms. The van der Waals surface area contributed by atoms with Gasteiger partial charge < -0.3 is 0 Å².